The fourth-order valence-corrected chi connectivity index (χ4v) is 2.32. The molecule has 1 aliphatic rings. The van der Waals surface area contributed by atoms with Crippen molar-refractivity contribution in [2.45, 2.75) is 25.4 Å². The second-order valence-corrected chi connectivity index (χ2v) is 5.90. The molecule has 1 fully saturated rings. The molecule has 0 unspecified atom stereocenters. The van der Waals surface area contributed by atoms with E-state index in [2.05, 4.69) is 21.2 Å². The van der Waals surface area contributed by atoms with E-state index in [0.717, 1.165) is 10.0 Å². The van der Waals surface area contributed by atoms with Crippen molar-refractivity contribution in [1.29, 1.82) is 0 Å². The van der Waals surface area contributed by atoms with E-state index in [4.69, 9.17) is 4.74 Å². The average Bonchev–Trinajstić information content (AvgIpc) is 3.23. The molecular weight excluding hydrogens is 321 g/mol. The molecule has 1 saturated carbocycles. The number of benzene rings is 2. The lowest BCUT2D eigenvalue weighted by Crippen LogP contribution is -2.15. The van der Waals surface area contributed by atoms with Gasteiger partial charge in [0, 0.05) is 17.1 Å². The number of rotatable bonds is 5. The van der Waals surface area contributed by atoms with E-state index >= 15 is 0 Å². The number of ether oxygens (including phenoxy) is 1. The van der Waals surface area contributed by atoms with Crippen LogP contribution in [0.3, 0.4) is 0 Å². The van der Waals surface area contributed by atoms with E-state index in [1.165, 1.54) is 18.9 Å². The van der Waals surface area contributed by atoms with Crippen molar-refractivity contribution in [1.82, 2.24) is 5.32 Å². The first-order valence-corrected chi connectivity index (χ1v) is 7.45. The standard InChI is InChI=1S/C16H15BrFNO/c17-12-2-1-3-14(9-12)20-16-7-4-11(8-15(16)18)10-19-13-5-6-13/h1-4,7-9,13,19H,5-6,10H2. The van der Waals surface area contributed by atoms with Crippen LogP contribution in [-0.2, 0) is 6.54 Å². The molecule has 0 amide bonds. The van der Waals surface area contributed by atoms with Crippen LogP contribution < -0.4 is 10.1 Å². The summed E-state index contributed by atoms with van der Waals surface area (Å²) in [5, 5.41) is 3.36. The fraction of sp³-hybridized carbons (Fsp3) is 0.250. The van der Waals surface area contributed by atoms with Crippen LogP contribution in [0.15, 0.2) is 46.9 Å². The molecule has 20 heavy (non-hydrogen) atoms. The molecule has 0 saturated heterocycles. The van der Waals surface area contributed by atoms with Gasteiger partial charge in [0.2, 0.25) is 0 Å². The Hall–Kier alpha value is -1.39. The molecule has 0 spiro atoms. The van der Waals surface area contributed by atoms with E-state index in [9.17, 15) is 4.39 Å². The van der Waals surface area contributed by atoms with Crippen molar-refractivity contribution in [2.24, 2.45) is 0 Å². The van der Waals surface area contributed by atoms with Crippen LogP contribution in [0, 0.1) is 5.82 Å². The topological polar surface area (TPSA) is 21.3 Å². The van der Waals surface area contributed by atoms with E-state index in [1.54, 1.807) is 12.1 Å². The maximum Gasteiger partial charge on any atom is 0.166 e. The molecule has 2 aromatic carbocycles. The van der Waals surface area contributed by atoms with E-state index < -0.39 is 0 Å². The van der Waals surface area contributed by atoms with Gasteiger partial charge in [0.05, 0.1) is 0 Å². The maximum absolute atomic E-state index is 14.0. The van der Waals surface area contributed by atoms with Crippen molar-refractivity contribution in [3.05, 3.63) is 58.3 Å². The van der Waals surface area contributed by atoms with Crippen molar-refractivity contribution in [3.63, 3.8) is 0 Å². The third-order valence-corrected chi connectivity index (χ3v) is 3.69. The molecule has 0 aromatic heterocycles. The molecule has 4 heteroatoms. The molecule has 0 atom stereocenters. The molecule has 0 heterocycles. The summed E-state index contributed by atoms with van der Waals surface area (Å²) < 4.78 is 20.5. The second kappa shape index (κ2) is 5.94. The van der Waals surface area contributed by atoms with Crippen LogP contribution in [0.25, 0.3) is 0 Å². The third-order valence-electron chi connectivity index (χ3n) is 3.19. The number of nitrogens with one attached hydrogen (secondary N) is 1. The highest BCUT2D eigenvalue weighted by Crippen LogP contribution is 2.27. The van der Waals surface area contributed by atoms with Gasteiger partial charge in [0.1, 0.15) is 5.75 Å². The molecule has 1 aliphatic carbocycles. The Morgan fingerprint density at radius 1 is 1.20 bits per heavy atom. The Morgan fingerprint density at radius 3 is 2.75 bits per heavy atom. The number of hydrogen-bond donors (Lipinski definition) is 1. The lowest BCUT2D eigenvalue weighted by atomic mass is 10.2. The van der Waals surface area contributed by atoms with Gasteiger partial charge in [-0.3, -0.25) is 0 Å². The first-order chi connectivity index (χ1) is 9.70. The number of hydrogen-bond acceptors (Lipinski definition) is 2. The van der Waals surface area contributed by atoms with E-state index in [0.29, 0.717) is 18.3 Å². The zero-order chi connectivity index (χ0) is 13.9. The Bertz CT molecular complexity index is 613. The third kappa shape index (κ3) is 3.58. The van der Waals surface area contributed by atoms with Crippen LogP contribution >= 0.6 is 15.9 Å². The Balaban J connectivity index is 1.69. The van der Waals surface area contributed by atoms with Crippen molar-refractivity contribution < 1.29 is 9.13 Å². The van der Waals surface area contributed by atoms with Gasteiger partial charge in [0.25, 0.3) is 0 Å². The van der Waals surface area contributed by atoms with Crippen LogP contribution in [0.2, 0.25) is 0 Å². The van der Waals surface area contributed by atoms with Crippen molar-refractivity contribution in [3.8, 4) is 11.5 Å². The molecule has 2 aromatic rings. The van der Waals surface area contributed by atoms with Gasteiger partial charge < -0.3 is 10.1 Å². The lowest BCUT2D eigenvalue weighted by Gasteiger charge is -2.09. The van der Waals surface area contributed by atoms with Crippen molar-refractivity contribution >= 4 is 15.9 Å². The van der Waals surface area contributed by atoms with Crippen molar-refractivity contribution in [2.75, 3.05) is 0 Å². The molecule has 0 radical (unpaired) electrons. The minimum absolute atomic E-state index is 0.248. The highest BCUT2D eigenvalue weighted by atomic mass is 79.9. The average molecular weight is 336 g/mol. The fourth-order valence-electron chi connectivity index (χ4n) is 1.94. The summed E-state index contributed by atoms with van der Waals surface area (Å²) in [7, 11) is 0. The zero-order valence-corrected chi connectivity index (χ0v) is 12.5. The maximum atomic E-state index is 14.0. The molecule has 104 valence electrons. The predicted molar refractivity (Wildman–Crippen MR) is 80.5 cm³/mol. The normalized spacial score (nSPS) is 14.3. The molecule has 0 bridgehead atoms. The van der Waals surface area contributed by atoms with Gasteiger partial charge in [-0.05, 0) is 48.7 Å². The summed E-state index contributed by atoms with van der Waals surface area (Å²) in [5.41, 5.74) is 0.941. The quantitative estimate of drug-likeness (QED) is 0.859. The summed E-state index contributed by atoms with van der Waals surface area (Å²) in [5.74, 6) is 0.528. The Morgan fingerprint density at radius 2 is 2.05 bits per heavy atom. The van der Waals surface area contributed by atoms with Gasteiger partial charge in [-0.2, -0.15) is 0 Å². The predicted octanol–water partition coefficient (Wildman–Crippen LogP) is 4.63. The van der Waals surface area contributed by atoms with Gasteiger partial charge >= 0.3 is 0 Å². The van der Waals surface area contributed by atoms with Crippen LogP contribution in [0.1, 0.15) is 18.4 Å². The highest BCUT2D eigenvalue weighted by molar-refractivity contribution is 9.10. The Labute approximate surface area is 126 Å². The summed E-state index contributed by atoms with van der Waals surface area (Å²) in [6.07, 6.45) is 2.46. The first-order valence-electron chi connectivity index (χ1n) is 6.66. The minimum Gasteiger partial charge on any atom is -0.454 e. The van der Waals surface area contributed by atoms with Crippen LogP contribution in [0.5, 0.6) is 11.5 Å². The van der Waals surface area contributed by atoms with Gasteiger partial charge in [0.15, 0.2) is 11.6 Å². The summed E-state index contributed by atoms with van der Waals surface area (Å²) >= 11 is 3.36. The number of halogens is 2. The lowest BCUT2D eigenvalue weighted by molar-refractivity contribution is 0.441. The Kier molecular flexibility index (Phi) is 4.03. The largest absolute Gasteiger partial charge is 0.454 e. The smallest absolute Gasteiger partial charge is 0.166 e. The van der Waals surface area contributed by atoms with E-state index in [1.807, 2.05) is 24.3 Å². The van der Waals surface area contributed by atoms with Crippen LogP contribution in [0.4, 0.5) is 4.39 Å². The molecular formula is C16H15BrFNO. The monoisotopic (exact) mass is 335 g/mol. The second-order valence-electron chi connectivity index (χ2n) is 4.98. The summed E-state index contributed by atoms with van der Waals surface area (Å²) in [6, 6.07) is 13.1. The van der Waals surface area contributed by atoms with E-state index in [-0.39, 0.29) is 11.6 Å². The van der Waals surface area contributed by atoms with Crippen LogP contribution in [-0.4, -0.2) is 6.04 Å². The van der Waals surface area contributed by atoms with Gasteiger partial charge in [-0.15, -0.1) is 0 Å². The zero-order valence-electron chi connectivity index (χ0n) is 10.9. The molecule has 3 rings (SSSR count). The highest BCUT2D eigenvalue weighted by Gasteiger charge is 2.20. The summed E-state index contributed by atoms with van der Waals surface area (Å²) in [4.78, 5) is 0. The minimum atomic E-state index is -0.333. The van der Waals surface area contributed by atoms with Gasteiger partial charge in [-0.1, -0.05) is 28.1 Å². The summed E-state index contributed by atoms with van der Waals surface area (Å²) in [6.45, 7) is 0.707. The SMILES string of the molecule is Fc1cc(CNC2CC2)ccc1Oc1cccc(Br)c1. The molecule has 2 nitrogen and oxygen atoms in total. The molecule has 0 aliphatic heterocycles. The first kappa shape index (κ1) is 13.6. The van der Waals surface area contributed by atoms with Gasteiger partial charge in [-0.25, -0.2) is 4.39 Å². The molecule has 1 N–H and O–H groups in total.